The standard InChI is InChI=1S/C38H45N3O6/c1-26(32-20-19-29-7-3-4-8-33(29)21-32)41(2)24-34-22-35(30-15-13-28(25-42)14-16-30)47-38(46-34)31-17-11-27(12-18-31)23-39-36(43)9-5-6-10-37(44)40-45/h3-4,7-8,11-21,26,34-35,38,42,45H,5-6,9-10,22-25H2,1-2H3,(H,39,43)(H,40,44)/t26-,34+,35-,38-/m1/s1. The number of hydroxylamine groups is 1. The number of carbonyl (C=O) groups excluding carboxylic acids is 2. The van der Waals surface area contributed by atoms with Gasteiger partial charge in [-0.3, -0.25) is 19.7 Å². The monoisotopic (exact) mass is 639 g/mol. The van der Waals surface area contributed by atoms with E-state index in [1.54, 1.807) is 5.48 Å². The summed E-state index contributed by atoms with van der Waals surface area (Å²) in [6, 6.07) is 31.0. The van der Waals surface area contributed by atoms with E-state index >= 15 is 0 Å². The molecule has 47 heavy (non-hydrogen) atoms. The number of aliphatic hydroxyl groups excluding tert-OH is 1. The van der Waals surface area contributed by atoms with E-state index in [4.69, 9.17) is 14.7 Å². The van der Waals surface area contributed by atoms with E-state index < -0.39 is 12.2 Å². The number of benzene rings is 4. The molecule has 9 heteroatoms. The molecule has 4 atom stereocenters. The van der Waals surface area contributed by atoms with E-state index in [0.717, 1.165) is 22.3 Å². The molecule has 4 aromatic rings. The number of nitrogens with zero attached hydrogens (tertiary/aromatic N) is 1. The maximum absolute atomic E-state index is 12.3. The van der Waals surface area contributed by atoms with Crippen molar-refractivity contribution < 1.29 is 29.4 Å². The van der Waals surface area contributed by atoms with E-state index in [2.05, 4.69) is 66.7 Å². The molecule has 0 spiro atoms. The third-order valence-corrected chi connectivity index (χ3v) is 8.95. The highest BCUT2D eigenvalue weighted by atomic mass is 16.7. The Kier molecular flexibility index (Phi) is 12.1. The van der Waals surface area contributed by atoms with Crippen LogP contribution in [0.5, 0.6) is 0 Å². The van der Waals surface area contributed by atoms with Crippen molar-refractivity contribution in [3.63, 3.8) is 0 Å². The molecule has 0 radical (unpaired) electrons. The summed E-state index contributed by atoms with van der Waals surface area (Å²) in [7, 11) is 2.13. The molecular formula is C38H45N3O6. The zero-order valence-electron chi connectivity index (χ0n) is 27.1. The second-order valence-corrected chi connectivity index (χ2v) is 12.3. The van der Waals surface area contributed by atoms with E-state index in [1.165, 1.54) is 16.3 Å². The van der Waals surface area contributed by atoms with Crippen molar-refractivity contribution in [2.75, 3.05) is 13.6 Å². The Hall–Kier alpha value is -4.12. The van der Waals surface area contributed by atoms with Crippen LogP contribution in [0.1, 0.15) is 85.3 Å². The Morgan fingerprint density at radius 1 is 0.851 bits per heavy atom. The van der Waals surface area contributed by atoms with Crippen LogP contribution in [-0.4, -0.2) is 46.7 Å². The minimum atomic E-state index is -0.569. The summed E-state index contributed by atoms with van der Waals surface area (Å²) in [5, 5.41) is 23.5. The summed E-state index contributed by atoms with van der Waals surface area (Å²) in [6.45, 7) is 3.32. The minimum Gasteiger partial charge on any atom is -0.392 e. The topological polar surface area (TPSA) is 120 Å². The van der Waals surface area contributed by atoms with Crippen molar-refractivity contribution in [3.8, 4) is 0 Å². The second kappa shape index (κ2) is 16.6. The van der Waals surface area contributed by atoms with Crippen LogP contribution < -0.4 is 10.8 Å². The first kappa shape index (κ1) is 34.2. The normalized spacial score (nSPS) is 18.6. The molecule has 1 aliphatic heterocycles. The van der Waals surface area contributed by atoms with Crippen LogP contribution in [0.3, 0.4) is 0 Å². The first-order valence-electron chi connectivity index (χ1n) is 16.3. The maximum Gasteiger partial charge on any atom is 0.243 e. The number of fused-ring (bicyclic) bond motifs is 1. The summed E-state index contributed by atoms with van der Waals surface area (Å²) < 4.78 is 13.1. The van der Waals surface area contributed by atoms with E-state index in [1.807, 2.05) is 48.5 Å². The Balaban J connectivity index is 1.23. The summed E-state index contributed by atoms with van der Waals surface area (Å²) in [6.07, 6.45) is 1.45. The van der Waals surface area contributed by atoms with Gasteiger partial charge in [-0.2, -0.15) is 0 Å². The van der Waals surface area contributed by atoms with Gasteiger partial charge in [-0.05, 0) is 65.9 Å². The SMILES string of the molecule is C[C@H](c1ccc2ccccc2c1)N(C)C[C@@H]1C[C@H](c2ccc(CO)cc2)O[C@H](c2ccc(CNC(=O)CCCCC(=O)NO)cc2)O1. The van der Waals surface area contributed by atoms with Gasteiger partial charge in [0, 0.05) is 44.0 Å². The zero-order valence-corrected chi connectivity index (χ0v) is 27.1. The molecule has 2 amide bonds. The molecule has 1 heterocycles. The van der Waals surface area contributed by atoms with Gasteiger partial charge in [0.25, 0.3) is 0 Å². The number of hydrogen-bond acceptors (Lipinski definition) is 7. The lowest BCUT2D eigenvalue weighted by Crippen LogP contribution is -2.38. The van der Waals surface area contributed by atoms with Crippen LogP contribution in [-0.2, 0) is 32.2 Å². The number of likely N-dealkylation sites (N-methyl/N-ethyl adjacent to an activating group) is 1. The fraction of sp³-hybridized carbons (Fsp3) is 0.368. The van der Waals surface area contributed by atoms with Gasteiger partial charge in [0.2, 0.25) is 11.8 Å². The molecule has 0 aromatic heterocycles. The van der Waals surface area contributed by atoms with Crippen molar-refractivity contribution in [2.24, 2.45) is 0 Å². The minimum absolute atomic E-state index is 0.00618. The van der Waals surface area contributed by atoms with Crippen molar-refractivity contribution >= 4 is 22.6 Å². The van der Waals surface area contributed by atoms with Crippen LogP contribution in [0.2, 0.25) is 0 Å². The van der Waals surface area contributed by atoms with Gasteiger partial charge in [-0.15, -0.1) is 0 Å². The van der Waals surface area contributed by atoms with E-state index in [-0.39, 0.29) is 37.2 Å². The Labute approximate surface area is 276 Å². The molecule has 1 fully saturated rings. The van der Waals surface area contributed by atoms with Crippen molar-refractivity contribution in [1.82, 2.24) is 15.7 Å². The molecule has 9 nitrogen and oxygen atoms in total. The highest BCUT2D eigenvalue weighted by Gasteiger charge is 2.33. The Bertz CT molecular complexity index is 1610. The van der Waals surface area contributed by atoms with Crippen LogP contribution in [0, 0.1) is 0 Å². The van der Waals surface area contributed by atoms with Gasteiger partial charge in [0.1, 0.15) is 0 Å². The molecule has 4 N–H and O–H groups in total. The van der Waals surface area contributed by atoms with Gasteiger partial charge in [0.15, 0.2) is 6.29 Å². The predicted octanol–water partition coefficient (Wildman–Crippen LogP) is 6.25. The van der Waals surface area contributed by atoms with Crippen LogP contribution in [0.4, 0.5) is 0 Å². The highest BCUT2D eigenvalue weighted by Crippen LogP contribution is 2.39. The van der Waals surface area contributed by atoms with Crippen molar-refractivity contribution in [1.29, 1.82) is 0 Å². The fourth-order valence-electron chi connectivity index (χ4n) is 5.94. The summed E-state index contributed by atoms with van der Waals surface area (Å²) >= 11 is 0. The molecule has 248 valence electrons. The quantitative estimate of drug-likeness (QED) is 0.0731. The lowest BCUT2D eigenvalue weighted by Gasteiger charge is -2.39. The van der Waals surface area contributed by atoms with Crippen molar-refractivity contribution in [3.05, 3.63) is 119 Å². The molecule has 0 unspecified atom stereocenters. The van der Waals surface area contributed by atoms with E-state index in [0.29, 0.717) is 38.8 Å². The van der Waals surface area contributed by atoms with Gasteiger partial charge >= 0.3 is 0 Å². The number of hydrogen-bond donors (Lipinski definition) is 4. The number of ether oxygens (including phenoxy) is 2. The molecule has 4 aromatic carbocycles. The lowest BCUT2D eigenvalue weighted by atomic mass is 9.98. The lowest BCUT2D eigenvalue weighted by molar-refractivity contribution is -0.253. The second-order valence-electron chi connectivity index (χ2n) is 12.3. The number of unbranched alkanes of at least 4 members (excludes halogenated alkanes) is 1. The predicted molar refractivity (Wildman–Crippen MR) is 180 cm³/mol. The van der Waals surface area contributed by atoms with Gasteiger partial charge < -0.3 is 19.9 Å². The Morgan fingerprint density at radius 2 is 1.51 bits per heavy atom. The largest absolute Gasteiger partial charge is 0.392 e. The smallest absolute Gasteiger partial charge is 0.243 e. The van der Waals surface area contributed by atoms with Gasteiger partial charge in [0.05, 0.1) is 18.8 Å². The van der Waals surface area contributed by atoms with E-state index in [9.17, 15) is 14.7 Å². The van der Waals surface area contributed by atoms with Crippen LogP contribution >= 0.6 is 0 Å². The molecule has 1 aliphatic rings. The van der Waals surface area contributed by atoms with Crippen LogP contribution in [0.15, 0.2) is 91.0 Å². The summed E-state index contributed by atoms with van der Waals surface area (Å²) in [4.78, 5) is 25.7. The van der Waals surface area contributed by atoms with Gasteiger partial charge in [-0.25, -0.2) is 5.48 Å². The molecule has 0 aliphatic carbocycles. The first-order valence-corrected chi connectivity index (χ1v) is 16.3. The fourth-order valence-corrected chi connectivity index (χ4v) is 5.94. The number of aliphatic hydroxyl groups is 1. The molecule has 0 bridgehead atoms. The third kappa shape index (κ3) is 9.47. The molecular weight excluding hydrogens is 594 g/mol. The number of amides is 2. The Morgan fingerprint density at radius 3 is 2.21 bits per heavy atom. The highest BCUT2D eigenvalue weighted by molar-refractivity contribution is 5.83. The average molecular weight is 640 g/mol. The number of nitrogens with one attached hydrogen (secondary N) is 2. The van der Waals surface area contributed by atoms with Crippen molar-refractivity contribution in [2.45, 2.75) is 76.7 Å². The van der Waals surface area contributed by atoms with Gasteiger partial charge in [-0.1, -0.05) is 84.9 Å². The number of carbonyl (C=O) groups is 2. The van der Waals surface area contributed by atoms with Crippen LogP contribution in [0.25, 0.3) is 10.8 Å². The molecule has 1 saturated heterocycles. The molecule has 5 rings (SSSR count). The zero-order chi connectivity index (χ0) is 33.2. The number of rotatable bonds is 14. The molecule has 0 saturated carbocycles. The third-order valence-electron chi connectivity index (χ3n) is 8.95. The summed E-state index contributed by atoms with van der Waals surface area (Å²) in [5.41, 5.74) is 6.60. The maximum atomic E-state index is 12.3. The first-order chi connectivity index (χ1) is 22.8. The summed E-state index contributed by atoms with van der Waals surface area (Å²) in [5.74, 6) is -0.534. The average Bonchev–Trinajstić information content (AvgIpc) is 3.11.